The molecule has 0 bridgehead atoms. The Morgan fingerprint density at radius 2 is 1.57 bits per heavy atom. The van der Waals surface area contributed by atoms with Gasteiger partial charge in [0.1, 0.15) is 12.4 Å². The summed E-state index contributed by atoms with van der Waals surface area (Å²) in [6.45, 7) is 0.194. The molecular weight excluding hydrogens is 338 g/mol. The second kappa shape index (κ2) is 5.82. The van der Waals surface area contributed by atoms with Gasteiger partial charge in [0.15, 0.2) is 11.6 Å². The largest absolute Gasteiger partial charge is 0.489 e. The van der Waals surface area contributed by atoms with Crippen molar-refractivity contribution in [3.8, 4) is 5.75 Å². The van der Waals surface area contributed by atoms with Gasteiger partial charge in [0, 0.05) is 4.47 Å². The number of ether oxygens (including phenoxy) is 1. The van der Waals surface area contributed by atoms with Crippen LogP contribution in [0.3, 0.4) is 0 Å². The van der Waals surface area contributed by atoms with E-state index in [1.54, 1.807) is 0 Å². The van der Waals surface area contributed by atoms with E-state index in [4.69, 9.17) is 4.74 Å². The fourth-order valence-electron chi connectivity index (χ4n) is 2.08. The maximum Gasteiger partial charge on any atom is 0.159 e. The second-order valence-corrected chi connectivity index (χ2v) is 5.61. The van der Waals surface area contributed by atoms with Crippen LogP contribution in [-0.4, -0.2) is 0 Å². The van der Waals surface area contributed by atoms with E-state index in [2.05, 4.69) is 15.9 Å². The number of hydrogen-bond donors (Lipinski definition) is 0. The van der Waals surface area contributed by atoms with E-state index in [1.165, 1.54) is 6.07 Å². The van der Waals surface area contributed by atoms with E-state index in [0.29, 0.717) is 11.3 Å². The van der Waals surface area contributed by atoms with Crippen LogP contribution in [-0.2, 0) is 6.61 Å². The molecule has 21 heavy (non-hydrogen) atoms. The van der Waals surface area contributed by atoms with Gasteiger partial charge < -0.3 is 4.74 Å². The van der Waals surface area contributed by atoms with Crippen LogP contribution in [0.4, 0.5) is 8.78 Å². The van der Waals surface area contributed by atoms with Crippen molar-refractivity contribution in [1.82, 2.24) is 0 Å². The molecule has 0 unspecified atom stereocenters. The van der Waals surface area contributed by atoms with E-state index in [-0.39, 0.29) is 6.61 Å². The van der Waals surface area contributed by atoms with Crippen LogP contribution in [0.25, 0.3) is 10.8 Å². The van der Waals surface area contributed by atoms with Crippen molar-refractivity contribution in [2.75, 3.05) is 0 Å². The Balaban J connectivity index is 1.78. The average molecular weight is 349 g/mol. The summed E-state index contributed by atoms with van der Waals surface area (Å²) in [5.74, 6) is -1.02. The minimum atomic E-state index is -0.862. The van der Waals surface area contributed by atoms with Gasteiger partial charge in [-0.05, 0) is 52.7 Å². The van der Waals surface area contributed by atoms with Crippen molar-refractivity contribution in [3.05, 3.63) is 76.3 Å². The molecule has 0 fully saturated rings. The van der Waals surface area contributed by atoms with Crippen LogP contribution in [0.5, 0.6) is 5.75 Å². The standard InChI is InChI=1S/C17H11BrF2O/c18-14-4-2-13-9-15(5-3-12(13)8-14)21-10-11-1-6-16(19)17(20)7-11/h1-9H,10H2. The summed E-state index contributed by atoms with van der Waals surface area (Å²) in [6.07, 6.45) is 0. The van der Waals surface area contributed by atoms with Gasteiger partial charge in [-0.3, -0.25) is 0 Å². The SMILES string of the molecule is Fc1ccc(COc2ccc3cc(Br)ccc3c2)cc1F. The molecule has 1 nitrogen and oxygen atoms in total. The minimum absolute atomic E-state index is 0.194. The first-order valence-corrected chi connectivity index (χ1v) is 7.17. The fourth-order valence-corrected chi connectivity index (χ4v) is 2.46. The summed E-state index contributed by atoms with van der Waals surface area (Å²) >= 11 is 3.43. The maximum absolute atomic E-state index is 13.1. The highest BCUT2D eigenvalue weighted by atomic mass is 79.9. The predicted molar refractivity (Wildman–Crippen MR) is 82.3 cm³/mol. The molecule has 0 spiro atoms. The van der Waals surface area contributed by atoms with Gasteiger partial charge in [-0.1, -0.05) is 34.1 Å². The first-order valence-electron chi connectivity index (χ1n) is 6.38. The fraction of sp³-hybridized carbons (Fsp3) is 0.0588. The molecule has 0 aromatic heterocycles. The van der Waals surface area contributed by atoms with Gasteiger partial charge in [0.25, 0.3) is 0 Å². The number of fused-ring (bicyclic) bond motifs is 1. The van der Waals surface area contributed by atoms with Crippen LogP contribution < -0.4 is 4.74 Å². The zero-order chi connectivity index (χ0) is 14.8. The Labute approximate surface area is 129 Å². The summed E-state index contributed by atoms with van der Waals surface area (Å²) in [7, 11) is 0. The first kappa shape index (κ1) is 14.0. The molecule has 0 aliphatic heterocycles. The molecule has 0 saturated carbocycles. The molecule has 3 rings (SSSR count). The molecule has 0 aliphatic carbocycles. The molecule has 0 atom stereocenters. The Bertz CT molecular complexity index is 802. The van der Waals surface area contributed by atoms with Crippen LogP contribution >= 0.6 is 15.9 Å². The van der Waals surface area contributed by atoms with Crippen LogP contribution in [0.1, 0.15) is 5.56 Å². The Morgan fingerprint density at radius 3 is 2.38 bits per heavy atom. The molecule has 3 aromatic rings. The van der Waals surface area contributed by atoms with Crippen LogP contribution in [0.2, 0.25) is 0 Å². The number of benzene rings is 3. The third kappa shape index (κ3) is 3.22. The van der Waals surface area contributed by atoms with E-state index in [9.17, 15) is 8.78 Å². The van der Waals surface area contributed by atoms with Crippen molar-refractivity contribution in [3.63, 3.8) is 0 Å². The van der Waals surface area contributed by atoms with Gasteiger partial charge in [-0.25, -0.2) is 8.78 Å². The Morgan fingerprint density at radius 1 is 0.810 bits per heavy atom. The summed E-state index contributed by atoms with van der Waals surface area (Å²) in [6, 6.07) is 15.5. The molecule has 4 heteroatoms. The van der Waals surface area contributed by atoms with Gasteiger partial charge in [-0.2, -0.15) is 0 Å². The molecule has 0 saturated heterocycles. The molecule has 0 N–H and O–H groups in total. The maximum atomic E-state index is 13.1. The molecular formula is C17H11BrF2O. The van der Waals surface area contributed by atoms with Gasteiger partial charge in [0.05, 0.1) is 0 Å². The first-order chi connectivity index (χ1) is 10.1. The summed E-state index contributed by atoms with van der Waals surface area (Å²) in [5.41, 5.74) is 0.588. The van der Waals surface area contributed by atoms with Crippen LogP contribution in [0, 0.1) is 11.6 Å². The third-order valence-corrected chi connectivity index (χ3v) is 3.66. The van der Waals surface area contributed by atoms with Crippen molar-refractivity contribution in [1.29, 1.82) is 0 Å². The van der Waals surface area contributed by atoms with E-state index in [0.717, 1.165) is 27.4 Å². The van der Waals surface area contributed by atoms with Crippen molar-refractivity contribution in [2.45, 2.75) is 6.61 Å². The van der Waals surface area contributed by atoms with Gasteiger partial charge >= 0.3 is 0 Å². The molecule has 0 aliphatic rings. The number of rotatable bonds is 3. The average Bonchev–Trinajstić information content (AvgIpc) is 2.48. The van der Waals surface area contributed by atoms with E-state index < -0.39 is 11.6 Å². The summed E-state index contributed by atoms with van der Waals surface area (Å²) in [4.78, 5) is 0. The van der Waals surface area contributed by atoms with Crippen molar-refractivity contribution in [2.24, 2.45) is 0 Å². The van der Waals surface area contributed by atoms with Gasteiger partial charge in [0.2, 0.25) is 0 Å². The monoisotopic (exact) mass is 348 g/mol. The highest BCUT2D eigenvalue weighted by molar-refractivity contribution is 9.10. The zero-order valence-electron chi connectivity index (χ0n) is 10.9. The number of halogens is 3. The third-order valence-electron chi connectivity index (χ3n) is 3.16. The normalized spacial score (nSPS) is 10.8. The Kier molecular flexibility index (Phi) is 3.88. The molecule has 0 heterocycles. The smallest absolute Gasteiger partial charge is 0.159 e. The highest BCUT2D eigenvalue weighted by Crippen LogP contribution is 2.24. The lowest BCUT2D eigenvalue weighted by Gasteiger charge is -2.08. The highest BCUT2D eigenvalue weighted by Gasteiger charge is 2.04. The van der Waals surface area contributed by atoms with E-state index in [1.807, 2.05) is 36.4 Å². The quantitative estimate of drug-likeness (QED) is 0.610. The van der Waals surface area contributed by atoms with Crippen molar-refractivity contribution < 1.29 is 13.5 Å². The lowest BCUT2D eigenvalue weighted by Crippen LogP contribution is -1.97. The lowest BCUT2D eigenvalue weighted by atomic mass is 10.1. The second-order valence-electron chi connectivity index (χ2n) is 4.69. The predicted octanol–water partition coefficient (Wildman–Crippen LogP) is 5.46. The van der Waals surface area contributed by atoms with E-state index >= 15 is 0 Å². The molecule has 0 radical (unpaired) electrons. The topological polar surface area (TPSA) is 9.23 Å². The van der Waals surface area contributed by atoms with Gasteiger partial charge in [-0.15, -0.1) is 0 Å². The molecule has 3 aromatic carbocycles. The molecule has 0 amide bonds. The lowest BCUT2D eigenvalue weighted by molar-refractivity contribution is 0.305. The van der Waals surface area contributed by atoms with Crippen LogP contribution in [0.15, 0.2) is 59.1 Å². The zero-order valence-corrected chi connectivity index (χ0v) is 12.5. The summed E-state index contributed by atoms with van der Waals surface area (Å²) in [5, 5.41) is 2.16. The minimum Gasteiger partial charge on any atom is -0.489 e. The molecule has 106 valence electrons. The Hall–Kier alpha value is -1.94. The summed E-state index contributed by atoms with van der Waals surface area (Å²) < 4.78 is 32.6. The van der Waals surface area contributed by atoms with Crippen molar-refractivity contribution >= 4 is 26.7 Å². The number of hydrogen-bond acceptors (Lipinski definition) is 1.